The van der Waals surface area contributed by atoms with E-state index in [0.29, 0.717) is 11.7 Å². The highest BCUT2D eigenvalue weighted by Gasteiger charge is 2.00. The molecule has 6 nitrogen and oxygen atoms in total. The molecule has 0 fully saturated rings. The first-order valence-corrected chi connectivity index (χ1v) is 12.5. The van der Waals surface area contributed by atoms with Crippen LogP contribution < -0.4 is 20.9 Å². The summed E-state index contributed by atoms with van der Waals surface area (Å²) in [5.74, 6) is 2.88. The second kappa shape index (κ2) is 20.7. The molecule has 0 spiro atoms. The van der Waals surface area contributed by atoms with E-state index in [1.165, 1.54) is 51.4 Å². The Kier molecular flexibility index (Phi) is 19.3. The Balaban J connectivity index is 0.00000612. The smallest absolute Gasteiger partial charge is 0.125 e. The van der Waals surface area contributed by atoms with Gasteiger partial charge in [0.25, 0.3) is 0 Å². The Hall–Kier alpha value is -2.44. The molecule has 0 aliphatic heterocycles. The van der Waals surface area contributed by atoms with Gasteiger partial charge in [0.15, 0.2) is 0 Å². The number of ether oxygens (including phenoxy) is 2. The van der Waals surface area contributed by atoms with Gasteiger partial charge in [-0.15, -0.1) is 24.8 Å². The number of rotatable bonds is 17. The van der Waals surface area contributed by atoms with Crippen molar-refractivity contribution >= 4 is 36.5 Å². The molecule has 0 aliphatic carbocycles. The van der Waals surface area contributed by atoms with Crippen LogP contribution in [0.3, 0.4) is 0 Å². The summed E-state index contributed by atoms with van der Waals surface area (Å²) in [4.78, 5) is 9.00. The van der Waals surface area contributed by atoms with Crippen LogP contribution in [0.1, 0.15) is 75.3 Å². The Bertz CT molecular complexity index is 799. The first-order chi connectivity index (χ1) is 16.6. The van der Waals surface area contributed by atoms with Gasteiger partial charge in [0.1, 0.15) is 23.2 Å². The topological polar surface area (TPSA) is 95.2 Å². The minimum Gasteiger partial charge on any atom is -0.497 e. The normalized spacial score (nSPS) is 11.4. The summed E-state index contributed by atoms with van der Waals surface area (Å²) >= 11 is 0. The van der Waals surface area contributed by atoms with Gasteiger partial charge in [-0.1, -0.05) is 51.4 Å². The average Bonchev–Trinajstić information content (AvgIpc) is 2.88. The molecule has 0 aliphatic rings. The first kappa shape index (κ1) is 33.6. The number of unbranched alkanes of at least 4 members (excludes halogenated alkanes) is 9. The second-order valence-electron chi connectivity index (χ2n) is 8.53. The van der Waals surface area contributed by atoms with Crippen LogP contribution >= 0.6 is 24.8 Å². The lowest BCUT2D eigenvalue weighted by atomic mass is 10.1. The van der Waals surface area contributed by atoms with Gasteiger partial charge in [0.05, 0.1) is 14.2 Å². The monoisotopic (exact) mass is 538 g/mol. The fourth-order valence-corrected chi connectivity index (χ4v) is 3.74. The van der Waals surface area contributed by atoms with E-state index < -0.39 is 0 Å². The maximum atomic E-state index is 6.07. The van der Waals surface area contributed by atoms with Crippen LogP contribution in [0, 0.1) is 0 Å². The van der Waals surface area contributed by atoms with Crippen LogP contribution in [0.25, 0.3) is 0 Å². The van der Waals surface area contributed by atoms with Crippen LogP contribution in [0.4, 0.5) is 0 Å². The van der Waals surface area contributed by atoms with Crippen molar-refractivity contribution in [3.05, 3.63) is 59.7 Å². The van der Waals surface area contributed by atoms with Crippen molar-refractivity contribution in [2.75, 3.05) is 27.3 Å². The van der Waals surface area contributed by atoms with Gasteiger partial charge in [0, 0.05) is 24.2 Å². The van der Waals surface area contributed by atoms with E-state index >= 15 is 0 Å². The number of benzene rings is 2. The predicted octanol–water partition coefficient (Wildman–Crippen LogP) is 6.56. The maximum absolute atomic E-state index is 6.07. The minimum absolute atomic E-state index is 0. The number of methoxy groups -OCH3 is 2. The van der Waals surface area contributed by atoms with Crippen LogP contribution in [0.5, 0.6) is 11.5 Å². The lowest BCUT2D eigenvalue weighted by Gasteiger charge is -2.04. The number of hydrogen-bond acceptors (Lipinski definition) is 4. The van der Waals surface area contributed by atoms with Gasteiger partial charge in [0.2, 0.25) is 0 Å². The molecule has 0 atom stereocenters. The summed E-state index contributed by atoms with van der Waals surface area (Å²) in [6.45, 7) is 1.59. The van der Waals surface area contributed by atoms with Crippen molar-refractivity contribution in [2.24, 2.45) is 21.5 Å². The average molecular weight is 540 g/mol. The minimum atomic E-state index is 0. The lowest BCUT2D eigenvalue weighted by molar-refractivity contribution is 0.414. The lowest BCUT2D eigenvalue weighted by Crippen LogP contribution is -2.13. The van der Waals surface area contributed by atoms with E-state index in [-0.39, 0.29) is 24.8 Å². The molecule has 0 aromatic heterocycles. The Morgan fingerprint density at radius 1 is 0.528 bits per heavy atom. The number of hydrogen-bond donors (Lipinski definition) is 2. The molecule has 4 N–H and O–H groups in total. The molecular formula is C28H44Cl2N4O2. The summed E-state index contributed by atoms with van der Waals surface area (Å²) < 4.78 is 10.3. The molecule has 0 saturated heterocycles. The van der Waals surface area contributed by atoms with Crippen molar-refractivity contribution in [2.45, 2.75) is 64.2 Å². The molecule has 2 aromatic rings. The third kappa shape index (κ3) is 13.6. The van der Waals surface area contributed by atoms with Crippen molar-refractivity contribution in [1.29, 1.82) is 0 Å². The molecule has 2 rings (SSSR count). The molecule has 0 bridgehead atoms. The fourth-order valence-electron chi connectivity index (χ4n) is 3.74. The van der Waals surface area contributed by atoms with E-state index in [9.17, 15) is 0 Å². The standard InChI is InChI=1S/C28H42N4O2.2ClH/c1-33-25-17-13-23(14-18-25)27(29)31-21-11-9-7-5-3-4-6-8-10-12-22-32-28(30)24-15-19-26(34-2)20-16-24;;/h13-20H,3-12,21-22H2,1-2H3,(H2,29,31)(H2,30,32);2*1H. The van der Waals surface area contributed by atoms with Crippen LogP contribution in [0.15, 0.2) is 58.5 Å². The van der Waals surface area contributed by atoms with Crippen molar-refractivity contribution < 1.29 is 9.47 Å². The number of halogens is 2. The van der Waals surface area contributed by atoms with E-state index in [0.717, 1.165) is 48.6 Å². The van der Waals surface area contributed by atoms with Crippen LogP contribution in [0.2, 0.25) is 0 Å². The van der Waals surface area contributed by atoms with E-state index in [1.807, 2.05) is 48.5 Å². The fraction of sp³-hybridized carbons (Fsp3) is 0.500. The zero-order valence-corrected chi connectivity index (χ0v) is 23.4. The highest BCUT2D eigenvalue weighted by atomic mass is 35.5. The summed E-state index contributed by atoms with van der Waals surface area (Å²) in [6.07, 6.45) is 12.4. The molecule has 0 unspecified atom stereocenters. The second-order valence-corrected chi connectivity index (χ2v) is 8.53. The van der Waals surface area contributed by atoms with E-state index in [4.69, 9.17) is 20.9 Å². The third-order valence-electron chi connectivity index (χ3n) is 5.90. The predicted molar refractivity (Wildman–Crippen MR) is 158 cm³/mol. The molecule has 0 radical (unpaired) electrons. The Labute approximate surface area is 229 Å². The quantitative estimate of drug-likeness (QED) is 0.135. The number of nitrogens with zero attached hydrogens (tertiary/aromatic N) is 2. The van der Waals surface area contributed by atoms with Crippen LogP contribution in [-0.4, -0.2) is 39.0 Å². The summed E-state index contributed by atoms with van der Waals surface area (Å²) in [5.41, 5.74) is 14.0. The molecule has 36 heavy (non-hydrogen) atoms. The first-order valence-electron chi connectivity index (χ1n) is 12.5. The zero-order valence-electron chi connectivity index (χ0n) is 21.8. The van der Waals surface area contributed by atoms with E-state index in [2.05, 4.69) is 9.98 Å². The Morgan fingerprint density at radius 3 is 1.08 bits per heavy atom. The molecule has 202 valence electrons. The van der Waals surface area contributed by atoms with Crippen molar-refractivity contribution in [3.63, 3.8) is 0 Å². The van der Waals surface area contributed by atoms with Gasteiger partial charge in [-0.05, 0) is 61.4 Å². The molecule has 0 amide bonds. The molecule has 0 saturated carbocycles. The van der Waals surface area contributed by atoms with E-state index in [1.54, 1.807) is 14.2 Å². The number of nitrogens with two attached hydrogens (primary N) is 2. The van der Waals surface area contributed by atoms with Gasteiger partial charge in [-0.25, -0.2) is 0 Å². The SMILES string of the molecule is COc1ccc(C(N)=NCCCCCCCCCCCCN=C(N)c2ccc(OC)cc2)cc1.Cl.Cl. The largest absolute Gasteiger partial charge is 0.497 e. The highest BCUT2D eigenvalue weighted by Crippen LogP contribution is 2.13. The summed E-state index contributed by atoms with van der Waals surface area (Å²) in [6, 6.07) is 15.4. The van der Waals surface area contributed by atoms with Gasteiger partial charge >= 0.3 is 0 Å². The zero-order chi connectivity index (χ0) is 24.4. The summed E-state index contributed by atoms with van der Waals surface area (Å²) in [7, 11) is 3.32. The van der Waals surface area contributed by atoms with Gasteiger partial charge in [-0.2, -0.15) is 0 Å². The molecule has 8 heteroatoms. The molecule has 2 aromatic carbocycles. The highest BCUT2D eigenvalue weighted by molar-refractivity contribution is 5.98. The van der Waals surface area contributed by atoms with Gasteiger partial charge in [-0.3, -0.25) is 9.98 Å². The van der Waals surface area contributed by atoms with Crippen molar-refractivity contribution in [1.82, 2.24) is 0 Å². The Morgan fingerprint density at radius 2 is 0.806 bits per heavy atom. The summed E-state index contributed by atoms with van der Waals surface area (Å²) in [5, 5.41) is 0. The number of aliphatic imine (C=N–C) groups is 2. The maximum Gasteiger partial charge on any atom is 0.125 e. The number of amidine groups is 2. The van der Waals surface area contributed by atoms with Gasteiger partial charge < -0.3 is 20.9 Å². The molecular weight excluding hydrogens is 495 g/mol. The van der Waals surface area contributed by atoms with Crippen molar-refractivity contribution in [3.8, 4) is 11.5 Å². The van der Waals surface area contributed by atoms with Crippen LogP contribution in [-0.2, 0) is 0 Å². The third-order valence-corrected chi connectivity index (χ3v) is 5.90. The molecule has 0 heterocycles.